The van der Waals surface area contributed by atoms with E-state index in [1.807, 2.05) is 23.6 Å². The summed E-state index contributed by atoms with van der Waals surface area (Å²) >= 11 is 1.53. The van der Waals surface area contributed by atoms with Crippen molar-refractivity contribution in [2.75, 3.05) is 11.9 Å². The van der Waals surface area contributed by atoms with Gasteiger partial charge in [0.15, 0.2) is 12.1 Å². The smallest absolute Gasteiger partial charge is 0.420 e. The molecule has 5 rings (SSSR count). The van der Waals surface area contributed by atoms with E-state index >= 15 is 0 Å². The Balaban J connectivity index is 1.39. The van der Waals surface area contributed by atoms with E-state index in [1.54, 1.807) is 24.7 Å². The number of aliphatic imine (C=N–C) groups is 1. The Morgan fingerprint density at radius 2 is 1.94 bits per heavy atom. The van der Waals surface area contributed by atoms with Gasteiger partial charge in [-0.25, -0.2) is 4.99 Å². The van der Waals surface area contributed by atoms with Crippen LogP contribution >= 0.6 is 11.3 Å². The molecule has 1 atom stereocenters. The van der Waals surface area contributed by atoms with Gasteiger partial charge in [0.2, 0.25) is 0 Å². The molecule has 0 saturated heterocycles. The highest BCUT2D eigenvalue weighted by Gasteiger charge is 2.37. The number of hydrogen-bond donors (Lipinski definition) is 2. The molecular formula is C24H19F3N4O2S. The van der Waals surface area contributed by atoms with Crippen molar-refractivity contribution in [2.45, 2.75) is 25.2 Å². The number of alkyl halides is 3. The number of rotatable bonds is 6. The predicted molar refractivity (Wildman–Crippen MR) is 124 cm³/mol. The maximum absolute atomic E-state index is 13.8. The zero-order valence-corrected chi connectivity index (χ0v) is 18.5. The van der Waals surface area contributed by atoms with Gasteiger partial charge in [0, 0.05) is 29.8 Å². The largest absolute Gasteiger partial charge is 0.493 e. The molecule has 0 fully saturated rings. The minimum absolute atomic E-state index is 0.0901. The van der Waals surface area contributed by atoms with Gasteiger partial charge in [-0.15, -0.1) is 11.3 Å². The third kappa shape index (κ3) is 4.59. The molecule has 0 radical (unpaired) electrons. The second-order valence-corrected chi connectivity index (χ2v) is 8.69. The molecule has 6 nitrogen and oxygen atoms in total. The predicted octanol–water partition coefficient (Wildman–Crippen LogP) is 5.58. The van der Waals surface area contributed by atoms with E-state index < -0.39 is 18.0 Å². The van der Waals surface area contributed by atoms with Crippen LogP contribution in [0.5, 0.6) is 5.75 Å². The van der Waals surface area contributed by atoms with Gasteiger partial charge in [0.05, 0.1) is 16.9 Å². The van der Waals surface area contributed by atoms with E-state index in [9.17, 15) is 18.3 Å². The molecule has 4 heterocycles. The van der Waals surface area contributed by atoms with Gasteiger partial charge in [-0.2, -0.15) is 13.2 Å². The molecule has 0 amide bonds. The third-order valence-corrected chi connectivity index (χ3v) is 6.31. The van der Waals surface area contributed by atoms with Crippen molar-refractivity contribution in [1.29, 1.82) is 0 Å². The van der Waals surface area contributed by atoms with E-state index in [0.717, 1.165) is 21.7 Å². The number of pyridine rings is 2. The van der Waals surface area contributed by atoms with E-state index in [1.165, 1.54) is 17.4 Å². The number of thiophene rings is 1. The molecule has 1 aromatic carbocycles. The molecule has 4 aromatic rings. The number of nitrogens with one attached hydrogen (secondary N) is 1. The van der Waals surface area contributed by atoms with Crippen molar-refractivity contribution >= 4 is 32.9 Å². The summed E-state index contributed by atoms with van der Waals surface area (Å²) < 4.78 is 48.0. The van der Waals surface area contributed by atoms with Crippen LogP contribution < -0.4 is 10.1 Å². The minimum Gasteiger partial charge on any atom is -0.493 e. The number of ether oxygens (including phenoxy) is 1. The van der Waals surface area contributed by atoms with Crippen LogP contribution in [-0.2, 0) is 12.6 Å². The fraction of sp³-hybridized carbons (Fsp3) is 0.208. The Morgan fingerprint density at radius 3 is 2.74 bits per heavy atom. The molecule has 3 aromatic heterocycles. The zero-order valence-electron chi connectivity index (χ0n) is 17.7. The lowest BCUT2D eigenvalue weighted by Crippen LogP contribution is -2.23. The first-order valence-electron chi connectivity index (χ1n) is 10.5. The summed E-state index contributed by atoms with van der Waals surface area (Å²) in [6.07, 6.45) is 0.187. The molecule has 174 valence electrons. The second-order valence-electron chi connectivity index (χ2n) is 7.75. The number of benzene rings is 1. The lowest BCUT2D eigenvalue weighted by Gasteiger charge is -2.25. The van der Waals surface area contributed by atoms with Crippen molar-refractivity contribution in [2.24, 2.45) is 4.99 Å². The summed E-state index contributed by atoms with van der Waals surface area (Å²) in [5, 5.41) is 16.4. The van der Waals surface area contributed by atoms with E-state index in [-0.39, 0.29) is 29.4 Å². The molecule has 1 aliphatic heterocycles. The Hall–Kier alpha value is -3.50. The highest BCUT2D eigenvalue weighted by atomic mass is 32.1. The fourth-order valence-electron chi connectivity index (χ4n) is 3.75. The number of aromatic nitrogens is 2. The number of halogens is 3. The van der Waals surface area contributed by atoms with Crippen LogP contribution in [0.15, 0.2) is 65.4 Å². The number of hydrogen-bond acceptors (Lipinski definition) is 7. The molecule has 0 bridgehead atoms. The van der Waals surface area contributed by atoms with Gasteiger partial charge in [0.25, 0.3) is 0 Å². The highest BCUT2D eigenvalue weighted by Crippen LogP contribution is 2.42. The van der Waals surface area contributed by atoms with Gasteiger partial charge in [-0.1, -0.05) is 0 Å². The molecule has 0 aliphatic carbocycles. The molecule has 1 unspecified atom stereocenters. The number of fused-ring (bicyclic) bond motifs is 2. The van der Waals surface area contributed by atoms with Gasteiger partial charge < -0.3 is 15.2 Å². The minimum atomic E-state index is -4.63. The lowest BCUT2D eigenvalue weighted by molar-refractivity contribution is -0.138. The number of aliphatic hydroxyl groups is 1. The Morgan fingerprint density at radius 1 is 1.12 bits per heavy atom. The molecule has 0 saturated carbocycles. The standard InChI is InChI=1S/C24H19F3N4O2S/c25-24(26,27)17-12-18-16(11-20(17)33-8-1-2-14-3-6-28-7-4-14)23(32)31-22(30-18)19-10-15-5-9-34-21(15)13-29-19/h3-7,9-13,23,32H,1-2,8H2,(H,30,31). The van der Waals surface area contributed by atoms with Gasteiger partial charge in [0.1, 0.15) is 11.4 Å². The van der Waals surface area contributed by atoms with E-state index in [2.05, 4.69) is 20.3 Å². The summed E-state index contributed by atoms with van der Waals surface area (Å²) in [4.78, 5) is 12.5. The first-order valence-corrected chi connectivity index (χ1v) is 11.4. The van der Waals surface area contributed by atoms with Crippen LogP contribution in [0, 0.1) is 0 Å². The quantitative estimate of drug-likeness (QED) is 0.349. The number of nitrogens with zero attached hydrogens (tertiary/aromatic N) is 3. The first kappa shape index (κ1) is 22.3. The van der Waals surface area contributed by atoms with Crippen LogP contribution in [0.4, 0.5) is 18.9 Å². The number of aryl methyl sites for hydroxylation is 1. The van der Waals surface area contributed by atoms with Gasteiger partial charge in [-0.05, 0) is 65.6 Å². The molecule has 10 heteroatoms. The molecule has 1 aliphatic rings. The van der Waals surface area contributed by atoms with Crippen molar-refractivity contribution < 1.29 is 23.0 Å². The first-order chi connectivity index (χ1) is 16.4. The normalized spacial score (nSPS) is 15.5. The fourth-order valence-corrected chi connectivity index (χ4v) is 4.48. The maximum Gasteiger partial charge on any atom is 0.420 e. The number of aliphatic hydroxyl groups excluding tert-OH is 1. The Labute approximate surface area is 196 Å². The number of anilines is 1. The average Bonchev–Trinajstić information content (AvgIpc) is 3.29. The second kappa shape index (κ2) is 9.03. The molecular weight excluding hydrogens is 465 g/mol. The summed E-state index contributed by atoms with van der Waals surface area (Å²) in [6, 6.07) is 9.55. The van der Waals surface area contributed by atoms with Crippen LogP contribution in [-0.4, -0.2) is 27.5 Å². The molecule has 34 heavy (non-hydrogen) atoms. The van der Waals surface area contributed by atoms with Crippen molar-refractivity contribution in [3.63, 3.8) is 0 Å². The van der Waals surface area contributed by atoms with E-state index in [4.69, 9.17) is 4.74 Å². The SMILES string of the molecule is OC1N=C(c2cc3ccsc3cn2)Nc2cc(C(F)(F)F)c(OCCCc3ccncc3)cc21. The summed E-state index contributed by atoms with van der Waals surface area (Å²) in [6.45, 7) is 0.0901. The molecule has 2 N–H and O–H groups in total. The molecule has 0 spiro atoms. The number of amidine groups is 1. The van der Waals surface area contributed by atoms with E-state index in [0.29, 0.717) is 18.5 Å². The maximum atomic E-state index is 13.8. The van der Waals surface area contributed by atoms with Crippen LogP contribution in [0.1, 0.15) is 35.0 Å². The summed E-state index contributed by atoms with van der Waals surface area (Å²) in [5.41, 5.74) is 0.854. The summed E-state index contributed by atoms with van der Waals surface area (Å²) in [5.74, 6) is -0.134. The monoisotopic (exact) mass is 484 g/mol. The van der Waals surface area contributed by atoms with Crippen molar-refractivity contribution in [3.05, 3.63) is 82.8 Å². The van der Waals surface area contributed by atoms with Crippen LogP contribution in [0.25, 0.3) is 10.1 Å². The third-order valence-electron chi connectivity index (χ3n) is 5.44. The average molecular weight is 485 g/mol. The Kier molecular flexibility index (Phi) is 5.93. The van der Waals surface area contributed by atoms with Gasteiger partial charge in [-0.3, -0.25) is 9.97 Å². The van der Waals surface area contributed by atoms with Gasteiger partial charge >= 0.3 is 6.18 Å². The van der Waals surface area contributed by atoms with Crippen LogP contribution in [0.2, 0.25) is 0 Å². The Bertz CT molecular complexity index is 1360. The zero-order chi connectivity index (χ0) is 23.7. The highest BCUT2D eigenvalue weighted by molar-refractivity contribution is 7.17. The lowest BCUT2D eigenvalue weighted by atomic mass is 10.0. The van der Waals surface area contributed by atoms with Crippen molar-refractivity contribution in [1.82, 2.24) is 9.97 Å². The van der Waals surface area contributed by atoms with Crippen molar-refractivity contribution in [3.8, 4) is 5.75 Å². The van der Waals surface area contributed by atoms with Crippen LogP contribution in [0.3, 0.4) is 0 Å². The summed E-state index contributed by atoms with van der Waals surface area (Å²) in [7, 11) is 0. The topological polar surface area (TPSA) is 79.6 Å².